The summed E-state index contributed by atoms with van der Waals surface area (Å²) in [6, 6.07) is 10.8. The van der Waals surface area contributed by atoms with Crippen LogP contribution in [0.15, 0.2) is 48.8 Å². The summed E-state index contributed by atoms with van der Waals surface area (Å²) in [5, 5.41) is 2.99. The molecule has 2 saturated heterocycles. The number of piperidine rings is 1. The lowest BCUT2D eigenvalue weighted by molar-refractivity contribution is 0.0900. The van der Waals surface area contributed by atoms with Crippen LogP contribution in [0.25, 0.3) is 5.69 Å². The summed E-state index contributed by atoms with van der Waals surface area (Å²) < 4.78 is 26.4. The second kappa shape index (κ2) is 7.48. The molecule has 4 rings (SSSR count). The molecule has 0 bridgehead atoms. The largest absolute Gasteiger partial charge is 0.347 e. The van der Waals surface area contributed by atoms with Gasteiger partial charge in [0.1, 0.15) is 0 Å². The molecule has 0 aliphatic carbocycles. The van der Waals surface area contributed by atoms with E-state index in [0.717, 1.165) is 31.6 Å². The van der Waals surface area contributed by atoms with Crippen molar-refractivity contribution in [3.05, 3.63) is 54.4 Å². The van der Waals surface area contributed by atoms with Gasteiger partial charge in [-0.15, -0.1) is 0 Å². The Morgan fingerprint density at radius 3 is 2.30 bits per heavy atom. The molecular weight excluding hydrogens is 362 g/mol. The molecule has 0 saturated carbocycles. The van der Waals surface area contributed by atoms with Gasteiger partial charge in [-0.25, -0.2) is 8.42 Å². The number of nitrogens with one attached hydrogen (secondary N) is 1. The van der Waals surface area contributed by atoms with Crippen LogP contribution >= 0.6 is 0 Å². The Balaban J connectivity index is 1.47. The van der Waals surface area contributed by atoms with E-state index < -0.39 is 9.84 Å². The zero-order valence-corrected chi connectivity index (χ0v) is 16.1. The van der Waals surface area contributed by atoms with E-state index in [0.29, 0.717) is 5.56 Å². The van der Waals surface area contributed by atoms with Gasteiger partial charge < -0.3 is 9.88 Å². The average molecular weight is 388 g/mol. The van der Waals surface area contributed by atoms with Crippen LogP contribution in [0.4, 0.5) is 0 Å². The van der Waals surface area contributed by atoms with Gasteiger partial charge in [0.25, 0.3) is 5.91 Å². The SMILES string of the molecule is O=C(NC1CS(=O)(=O)CC1N1CCCCC1)c1ccc(-n2cccc2)cc1. The van der Waals surface area contributed by atoms with E-state index in [4.69, 9.17) is 0 Å². The molecule has 2 aliphatic rings. The molecule has 1 N–H and O–H groups in total. The fourth-order valence-electron chi connectivity index (χ4n) is 4.12. The van der Waals surface area contributed by atoms with E-state index in [9.17, 15) is 13.2 Å². The van der Waals surface area contributed by atoms with Gasteiger partial charge in [-0.05, 0) is 62.3 Å². The first kappa shape index (κ1) is 18.3. The van der Waals surface area contributed by atoms with Crippen molar-refractivity contribution in [3.8, 4) is 5.69 Å². The number of aromatic nitrogens is 1. The van der Waals surface area contributed by atoms with E-state index in [1.807, 2.05) is 41.2 Å². The molecule has 2 fully saturated rings. The summed E-state index contributed by atoms with van der Waals surface area (Å²) in [4.78, 5) is 15.0. The topological polar surface area (TPSA) is 71.4 Å². The fourth-order valence-corrected chi connectivity index (χ4v) is 6.07. The molecule has 0 spiro atoms. The van der Waals surface area contributed by atoms with Crippen LogP contribution in [-0.2, 0) is 9.84 Å². The first-order chi connectivity index (χ1) is 13.0. The number of hydrogen-bond donors (Lipinski definition) is 1. The summed E-state index contributed by atoms with van der Waals surface area (Å²) >= 11 is 0. The van der Waals surface area contributed by atoms with Crippen LogP contribution in [0.2, 0.25) is 0 Å². The smallest absolute Gasteiger partial charge is 0.251 e. The van der Waals surface area contributed by atoms with Gasteiger partial charge in [-0.2, -0.15) is 0 Å². The monoisotopic (exact) mass is 387 g/mol. The van der Waals surface area contributed by atoms with Gasteiger partial charge in [0.05, 0.1) is 17.5 Å². The number of likely N-dealkylation sites (tertiary alicyclic amines) is 1. The highest BCUT2D eigenvalue weighted by Gasteiger charge is 2.41. The fraction of sp³-hybridized carbons (Fsp3) is 0.450. The van der Waals surface area contributed by atoms with E-state index in [1.165, 1.54) is 6.42 Å². The Bertz CT molecular complexity index is 885. The molecule has 7 heteroatoms. The Hall–Kier alpha value is -2.12. The lowest BCUT2D eigenvalue weighted by Gasteiger charge is -2.35. The molecule has 27 heavy (non-hydrogen) atoms. The van der Waals surface area contributed by atoms with Crippen molar-refractivity contribution in [2.75, 3.05) is 24.6 Å². The molecule has 2 atom stereocenters. The van der Waals surface area contributed by atoms with Crippen molar-refractivity contribution in [3.63, 3.8) is 0 Å². The first-order valence-electron chi connectivity index (χ1n) is 9.51. The summed E-state index contributed by atoms with van der Waals surface area (Å²) in [5.41, 5.74) is 1.53. The second-order valence-electron chi connectivity index (χ2n) is 7.46. The van der Waals surface area contributed by atoms with Crippen molar-refractivity contribution in [1.29, 1.82) is 0 Å². The van der Waals surface area contributed by atoms with Gasteiger partial charge in [0.2, 0.25) is 0 Å². The highest BCUT2D eigenvalue weighted by Crippen LogP contribution is 2.23. The summed E-state index contributed by atoms with van der Waals surface area (Å²) in [5.74, 6) is -0.0375. The van der Waals surface area contributed by atoms with Crippen LogP contribution in [-0.4, -0.2) is 60.5 Å². The van der Waals surface area contributed by atoms with Crippen LogP contribution in [0.1, 0.15) is 29.6 Å². The predicted molar refractivity (Wildman–Crippen MR) is 105 cm³/mol. The second-order valence-corrected chi connectivity index (χ2v) is 9.61. The van der Waals surface area contributed by atoms with E-state index >= 15 is 0 Å². The lowest BCUT2D eigenvalue weighted by Crippen LogP contribution is -2.52. The first-order valence-corrected chi connectivity index (χ1v) is 11.3. The molecule has 2 aromatic rings. The number of rotatable bonds is 4. The molecule has 0 radical (unpaired) electrons. The number of hydrogen-bond acceptors (Lipinski definition) is 4. The minimum atomic E-state index is -3.12. The number of carbonyl (C=O) groups excluding carboxylic acids is 1. The van der Waals surface area contributed by atoms with Gasteiger partial charge in [-0.1, -0.05) is 6.42 Å². The molecule has 3 heterocycles. The maximum Gasteiger partial charge on any atom is 0.251 e. The molecule has 2 aliphatic heterocycles. The number of carbonyl (C=O) groups is 1. The summed E-state index contributed by atoms with van der Waals surface area (Å²) in [7, 11) is -3.12. The van der Waals surface area contributed by atoms with E-state index in [1.54, 1.807) is 12.1 Å². The quantitative estimate of drug-likeness (QED) is 0.869. The van der Waals surface area contributed by atoms with E-state index in [2.05, 4.69) is 10.2 Å². The molecule has 1 amide bonds. The Kier molecular flexibility index (Phi) is 5.06. The third kappa shape index (κ3) is 4.09. The maximum atomic E-state index is 12.7. The van der Waals surface area contributed by atoms with Gasteiger partial charge in [-0.3, -0.25) is 9.69 Å². The van der Waals surface area contributed by atoms with Gasteiger partial charge in [0.15, 0.2) is 9.84 Å². The molecule has 1 aromatic carbocycles. The van der Waals surface area contributed by atoms with Gasteiger partial charge in [0, 0.05) is 29.7 Å². The van der Waals surface area contributed by atoms with Crippen molar-refractivity contribution in [2.45, 2.75) is 31.3 Å². The zero-order chi connectivity index (χ0) is 18.9. The van der Waals surface area contributed by atoms with Gasteiger partial charge >= 0.3 is 0 Å². The normalized spacial score (nSPS) is 25.3. The zero-order valence-electron chi connectivity index (χ0n) is 15.3. The minimum Gasteiger partial charge on any atom is -0.347 e. The van der Waals surface area contributed by atoms with Crippen molar-refractivity contribution < 1.29 is 13.2 Å². The Labute approximate surface area is 160 Å². The standard InChI is InChI=1S/C20H25N3O3S/c24-20(16-6-8-17(9-7-16)22-10-4-5-11-22)21-18-14-27(25,26)15-19(18)23-12-2-1-3-13-23/h4-11,18-19H,1-3,12-15H2,(H,21,24). The van der Waals surface area contributed by atoms with E-state index in [-0.39, 0.29) is 29.5 Å². The number of amides is 1. The minimum absolute atomic E-state index is 0.0291. The summed E-state index contributed by atoms with van der Waals surface area (Å²) in [6.45, 7) is 1.83. The van der Waals surface area contributed by atoms with Crippen molar-refractivity contribution >= 4 is 15.7 Å². The third-order valence-corrected chi connectivity index (χ3v) is 7.25. The highest BCUT2D eigenvalue weighted by atomic mass is 32.2. The Morgan fingerprint density at radius 1 is 0.963 bits per heavy atom. The van der Waals surface area contributed by atoms with Crippen molar-refractivity contribution in [2.24, 2.45) is 0 Å². The number of nitrogens with zero attached hydrogens (tertiary/aromatic N) is 2. The molecule has 144 valence electrons. The van der Waals surface area contributed by atoms with Crippen LogP contribution < -0.4 is 5.32 Å². The van der Waals surface area contributed by atoms with Crippen LogP contribution in [0.3, 0.4) is 0 Å². The third-order valence-electron chi connectivity index (χ3n) is 5.53. The number of sulfone groups is 1. The highest BCUT2D eigenvalue weighted by molar-refractivity contribution is 7.91. The number of benzene rings is 1. The van der Waals surface area contributed by atoms with Crippen LogP contribution in [0.5, 0.6) is 0 Å². The molecule has 2 unspecified atom stereocenters. The summed E-state index contributed by atoms with van der Waals surface area (Å²) in [6.07, 6.45) is 7.28. The molecule has 6 nitrogen and oxygen atoms in total. The lowest BCUT2D eigenvalue weighted by atomic mass is 10.0. The van der Waals surface area contributed by atoms with Crippen LogP contribution in [0, 0.1) is 0 Å². The molecule has 1 aromatic heterocycles. The predicted octanol–water partition coefficient (Wildman–Crippen LogP) is 1.86. The molecular formula is C20H25N3O3S. The maximum absolute atomic E-state index is 12.7. The average Bonchev–Trinajstić information content (AvgIpc) is 3.30. The van der Waals surface area contributed by atoms with Crippen molar-refractivity contribution in [1.82, 2.24) is 14.8 Å². The Morgan fingerprint density at radius 2 is 1.63 bits per heavy atom.